The fraction of sp³-hybridized carbons (Fsp3) is 0. The first-order chi connectivity index (χ1) is 23.8. The number of furan rings is 2. The summed E-state index contributed by atoms with van der Waals surface area (Å²) in [6.07, 6.45) is 3.69. The van der Waals surface area contributed by atoms with Gasteiger partial charge in [0.1, 0.15) is 22.3 Å². The summed E-state index contributed by atoms with van der Waals surface area (Å²) in [6, 6.07) is 45.1. The number of pyridine rings is 1. The molecule has 0 radical (unpaired) electrons. The van der Waals surface area contributed by atoms with Crippen molar-refractivity contribution in [2.45, 2.75) is 0 Å². The summed E-state index contributed by atoms with van der Waals surface area (Å²) in [5.41, 5.74) is 8.23. The van der Waals surface area contributed by atoms with Crippen molar-refractivity contribution in [1.29, 1.82) is 0 Å². The maximum absolute atomic E-state index is 6.32. The van der Waals surface area contributed by atoms with Crippen molar-refractivity contribution in [3.05, 3.63) is 146 Å². The molecule has 0 saturated heterocycles. The van der Waals surface area contributed by atoms with Crippen LogP contribution in [0.3, 0.4) is 0 Å². The van der Waals surface area contributed by atoms with Gasteiger partial charge < -0.3 is 8.83 Å². The van der Waals surface area contributed by atoms with Crippen LogP contribution in [-0.2, 0) is 0 Å². The van der Waals surface area contributed by atoms with Crippen LogP contribution in [0, 0.1) is 0 Å². The number of aromatic nitrogens is 4. The van der Waals surface area contributed by atoms with E-state index < -0.39 is 0 Å². The minimum atomic E-state index is 0.595. The summed E-state index contributed by atoms with van der Waals surface area (Å²) < 4.78 is 12.5. The number of hydrogen-bond acceptors (Lipinski definition) is 6. The highest BCUT2D eigenvalue weighted by molar-refractivity contribution is 6.15. The average Bonchev–Trinajstić information content (AvgIpc) is 3.72. The van der Waals surface area contributed by atoms with Gasteiger partial charge in [0.15, 0.2) is 17.5 Å². The molecule has 0 saturated carbocycles. The molecule has 0 unspecified atom stereocenters. The number of para-hydroxylation sites is 1. The van der Waals surface area contributed by atoms with Gasteiger partial charge in [-0.15, -0.1) is 0 Å². The van der Waals surface area contributed by atoms with E-state index >= 15 is 0 Å². The first kappa shape index (κ1) is 26.5. The van der Waals surface area contributed by atoms with E-state index in [1.165, 1.54) is 0 Å². The minimum Gasteiger partial charge on any atom is -0.456 e. The van der Waals surface area contributed by atoms with Crippen molar-refractivity contribution in [3.8, 4) is 45.3 Å². The molecule has 10 aromatic rings. The highest BCUT2D eigenvalue weighted by atomic mass is 16.3. The van der Waals surface area contributed by atoms with Gasteiger partial charge in [-0.2, -0.15) is 0 Å². The molecule has 10 rings (SSSR count). The third-order valence-corrected chi connectivity index (χ3v) is 9.02. The third kappa shape index (κ3) is 4.20. The molecule has 6 nitrogen and oxygen atoms in total. The Kier molecular flexibility index (Phi) is 5.77. The van der Waals surface area contributed by atoms with Gasteiger partial charge in [-0.05, 0) is 52.9 Å². The lowest BCUT2D eigenvalue weighted by Gasteiger charge is -2.10. The Bertz CT molecular complexity index is 2840. The number of benzene rings is 6. The normalized spacial score (nSPS) is 11.8. The molecule has 48 heavy (non-hydrogen) atoms. The van der Waals surface area contributed by atoms with Gasteiger partial charge in [-0.1, -0.05) is 97.1 Å². The number of hydrogen-bond donors (Lipinski definition) is 0. The maximum Gasteiger partial charge on any atom is 0.164 e. The fourth-order valence-electron chi connectivity index (χ4n) is 6.75. The zero-order valence-electron chi connectivity index (χ0n) is 25.5. The molecule has 0 atom stereocenters. The SMILES string of the molecule is c1ccc(-c2nc(-c3ccc(-c4cccc5oc6cc7cnccc7cc6c45)cc3)nc(-c3cccc4oc5ccccc5c34)n2)cc1. The van der Waals surface area contributed by atoms with Crippen LogP contribution in [0.25, 0.3) is 99.9 Å². The van der Waals surface area contributed by atoms with E-state index in [2.05, 4.69) is 59.6 Å². The molecule has 0 N–H and O–H groups in total. The Labute approximate surface area is 274 Å². The van der Waals surface area contributed by atoms with E-state index in [4.69, 9.17) is 23.8 Å². The van der Waals surface area contributed by atoms with Crippen LogP contribution < -0.4 is 0 Å². The van der Waals surface area contributed by atoms with E-state index in [0.29, 0.717) is 17.5 Å². The van der Waals surface area contributed by atoms with Crippen molar-refractivity contribution < 1.29 is 8.83 Å². The van der Waals surface area contributed by atoms with Crippen LogP contribution in [-0.4, -0.2) is 19.9 Å². The summed E-state index contributed by atoms with van der Waals surface area (Å²) in [5, 5.41) is 6.38. The predicted octanol–water partition coefficient (Wildman–Crippen LogP) is 10.9. The lowest BCUT2D eigenvalue weighted by Crippen LogP contribution is -2.00. The standard InChI is InChI=1S/C42H24N4O2/c1-2-8-26(9-3-1)40-44-41(46-42(45-40)32-12-7-15-36-39(32)31-10-4-5-13-34(31)47-36)27-18-16-25(17-19-27)30-11-6-14-35-38(30)33-22-28-20-21-43-24-29(28)23-37(33)48-35/h1-24H. The van der Waals surface area contributed by atoms with Crippen LogP contribution in [0.5, 0.6) is 0 Å². The monoisotopic (exact) mass is 616 g/mol. The van der Waals surface area contributed by atoms with E-state index in [9.17, 15) is 0 Å². The fourth-order valence-corrected chi connectivity index (χ4v) is 6.75. The molecule has 6 aromatic carbocycles. The van der Waals surface area contributed by atoms with Crippen LogP contribution >= 0.6 is 0 Å². The van der Waals surface area contributed by atoms with Crippen molar-refractivity contribution in [1.82, 2.24) is 19.9 Å². The Hall–Kier alpha value is -6.66. The van der Waals surface area contributed by atoms with Gasteiger partial charge in [0, 0.05) is 56.0 Å². The first-order valence-corrected chi connectivity index (χ1v) is 15.8. The molecule has 0 fully saturated rings. The van der Waals surface area contributed by atoms with Gasteiger partial charge in [-0.25, -0.2) is 15.0 Å². The van der Waals surface area contributed by atoms with Crippen molar-refractivity contribution in [2.24, 2.45) is 0 Å². The molecular formula is C42H24N4O2. The van der Waals surface area contributed by atoms with Crippen molar-refractivity contribution in [3.63, 3.8) is 0 Å². The number of nitrogens with zero attached hydrogens (tertiary/aromatic N) is 4. The molecule has 0 aliphatic carbocycles. The van der Waals surface area contributed by atoms with Crippen LogP contribution in [0.15, 0.2) is 155 Å². The van der Waals surface area contributed by atoms with Crippen molar-refractivity contribution >= 4 is 54.6 Å². The minimum absolute atomic E-state index is 0.595. The average molecular weight is 617 g/mol. The van der Waals surface area contributed by atoms with Crippen molar-refractivity contribution in [2.75, 3.05) is 0 Å². The zero-order valence-corrected chi connectivity index (χ0v) is 25.5. The predicted molar refractivity (Wildman–Crippen MR) is 191 cm³/mol. The van der Waals surface area contributed by atoms with Gasteiger partial charge in [0.05, 0.1) is 0 Å². The van der Waals surface area contributed by atoms with Gasteiger partial charge in [0.25, 0.3) is 0 Å². The maximum atomic E-state index is 6.32. The molecule has 224 valence electrons. The largest absolute Gasteiger partial charge is 0.456 e. The quantitative estimate of drug-likeness (QED) is 0.196. The molecule has 4 heterocycles. The van der Waals surface area contributed by atoms with E-state index in [1.807, 2.05) is 91.3 Å². The lowest BCUT2D eigenvalue weighted by molar-refractivity contribution is 0.669. The topological polar surface area (TPSA) is 77.8 Å². The van der Waals surface area contributed by atoms with Gasteiger partial charge >= 0.3 is 0 Å². The second-order valence-electron chi connectivity index (χ2n) is 11.9. The smallest absolute Gasteiger partial charge is 0.164 e. The molecule has 0 aliphatic rings. The molecule has 0 aliphatic heterocycles. The second-order valence-corrected chi connectivity index (χ2v) is 11.9. The Balaban J connectivity index is 1.13. The molecule has 6 heteroatoms. The van der Waals surface area contributed by atoms with Crippen LogP contribution in [0.2, 0.25) is 0 Å². The first-order valence-electron chi connectivity index (χ1n) is 15.8. The lowest BCUT2D eigenvalue weighted by atomic mass is 9.97. The van der Waals surface area contributed by atoms with Gasteiger partial charge in [-0.3, -0.25) is 4.98 Å². The molecule has 0 bridgehead atoms. The summed E-state index contributed by atoms with van der Waals surface area (Å²) >= 11 is 0. The Morgan fingerprint density at radius 3 is 1.83 bits per heavy atom. The summed E-state index contributed by atoms with van der Waals surface area (Å²) in [4.78, 5) is 19.3. The summed E-state index contributed by atoms with van der Waals surface area (Å²) in [5.74, 6) is 1.81. The number of fused-ring (bicyclic) bond motifs is 7. The Morgan fingerprint density at radius 1 is 0.396 bits per heavy atom. The molecule has 0 amide bonds. The number of rotatable bonds is 4. The highest BCUT2D eigenvalue weighted by Crippen LogP contribution is 2.39. The third-order valence-electron chi connectivity index (χ3n) is 9.02. The van der Waals surface area contributed by atoms with E-state index in [1.54, 1.807) is 0 Å². The highest BCUT2D eigenvalue weighted by Gasteiger charge is 2.18. The summed E-state index contributed by atoms with van der Waals surface area (Å²) in [6.45, 7) is 0. The molecule has 0 spiro atoms. The zero-order chi connectivity index (χ0) is 31.6. The van der Waals surface area contributed by atoms with Crippen LogP contribution in [0.4, 0.5) is 0 Å². The van der Waals surface area contributed by atoms with E-state index in [-0.39, 0.29) is 0 Å². The van der Waals surface area contributed by atoms with Gasteiger partial charge in [0.2, 0.25) is 0 Å². The summed E-state index contributed by atoms with van der Waals surface area (Å²) in [7, 11) is 0. The Morgan fingerprint density at radius 2 is 1.02 bits per heavy atom. The molecular weight excluding hydrogens is 592 g/mol. The van der Waals surface area contributed by atoms with E-state index in [0.717, 1.165) is 82.5 Å². The second kappa shape index (κ2) is 10.4. The van der Waals surface area contributed by atoms with Crippen LogP contribution in [0.1, 0.15) is 0 Å². The molecule has 4 aromatic heterocycles.